The third kappa shape index (κ3) is 4.02. The summed E-state index contributed by atoms with van der Waals surface area (Å²) in [6.07, 6.45) is 1.04. The van der Waals surface area contributed by atoms with Gasteiger partial charge >= 0.3 is 5.69 Å². The van der Waals surface area contributed by atoms with Crippen LogP contribution in [0, 0.1) is 33.1 Å². The van der Waals surface area contributed by atoms with Crippen LogP contribution >= 0.6 is 0 Å². The van der Waals surface area contributed by atoms with Crippen molar-refractivity contribution >= 4 is 17.1 Å². The molecule has 0 amide bonds. The van der Waals surface area contributed by atoms with Crippen LogP contribution < -0.4 is 4.90 Å². The number of hydrogen-bond acceptors (Lipinski definition) is 8. The van der Waals surface area contributed by atoms with Crippen molar-refractivity contribution in [2.75, 3.05) is 50.8 Å². The predicted molar refractivity (Wildman–Crippen MR) is 98.0 cm³/mol. The maximum atomic E-state index is 11.7. The van der Waals surface area contributed by atoms with Crippen LogP contribution in [0.1, 0.15) is 17.5 Å². The number of aliphatic hydroxyl groups excluding tert-OH is 1. The molecular formula is C17H24N4O6. The molecule has 0 saturated carbocycles. The molecule has 2 fully saturated rings. The van der Waals surface area contributed by atoms with Gasteiger partial charge in [0, 0.05) is 51.0 Å². The average molecular weight is 380 g/mol. The molecule has 1 unspecified atom stereocenters. The second-order valence-corrected chi connectivity index (χ2v) is 7.07. The van der Waals surface area contributed by atoms with Crippen molar-refractivity contribution < 1.29 is 19.7 Å². The minimum Gasteiger partial charge on any atom is -0.392 e. The lowest BCUT2D eigenvalue weighted by molar-refractivity contribution is -0.393. The fraction of sp³-hybridized carbons (Fsp3) is 0.647. The van der Waals surface area contributed by atoms with Crippen molar-refractivity contribution in [1.82, 2.24) is 4.90 Å². The Morgan fingerprint density at radius 2 is 1.93 bits per heavy atom. The molecule has 0 spiro atoms. The van der Waals surface area contributed by atoms with Gasteiger partial charge in [0.05, 0.1) is 23.1 Å². The Morgan fingerprint density at radius 3 is 2.44 bits per heavy atom. The number of aliphatic hydroxyl groups is 1. The Bertz CT molecular complexity index is 727. The van der Waals surface area contributed by atoms with Gasteiger partial charge in [-0.3, -0.25) is 25.1 Å². The molecule has 0 bridgehead atoms. The molecule has 1 atom stereocenters. The summed E-state index contributed by atoms with van der Waals surface area (Å²) in [5.74, 6) is 0.506. The van der Waals surface area contributed by atoms with Crippen molar-refractivity contribution in [2.45, 2.75) is 20.0 Å². The van der Waals surface area contributed by atoms with Gasteiger partial charge in [-0.1, -0.05) is 0 Å². The number of nitro groups is 2. The highest BCUT2D eigenvalue weighted by molar-refractivity contribution is 5.79. The van der Waals surface area contributed by atoms with E-state index in [1.165, 1.54) is 13.0 Å². The van der Waals surface area contributed by atoms with Crippen LogP contribution in [0.25, 0.3) is 0 Å². The van der Waals surface area contributed by atoms with E-state index >= 15 is 0 Å². The third-order valence-corrected chi connectivity index (χ3v) is 5.39. The van der Waals surface area contributed by atoms with E-state index in [0.717, 1.165) is 26.2 Å². The van der Waals surface area contributed by atoms with E-state index in [4.69, 9.17) is 4.74 Å². The lowest BCUT2D eigenvalue weighted by Gasteiger charge is -2.36. The van der Waals surface area contributed by atoms with E-state index in [9.17, 15) is 25.3 Å². The molecule has 27 heavy (non-hydrogen) atoms. The molecule has 2 saturated heterocycles. The normalized spacial score (nSPS) is 20.8. The van der Waals surface area contributed by atoms with Crippen LogP contribution in [0.5, 0.6) is 0 Å². The van der Waals surface area contributed by atoms with Crippen LogP contribution in [0.2, 0.25) is 0 Å². The lowest BCUT2D eigenvalue weighted by Crippen LogP contribution is -2.48. The van der Waals surface area contributed by atoms with Crippen molar-refractivity contribution in [3.63, 3.8) is 0 Å². The minimum atomic E-state index is -0.608. The second-order valence-electron chi connectivity index (χ2n) is 7.07. The Morgan fingerprint density at radius 1 is 1.22 bits per heavy atom. The summed E-state index contributed by atoms with van der Waals surface area (Å²) in [5, 5.41) is 32.7. The Balaban J connectivity index is 1.86. The SMILES string of the molecule is Cc1c(CO)cc([N+](=O)[O-])c(N2CCN(CC3CCOC3)CC2)c1[N+](=O)[O-]. The summed E-state index contributed by atoms with van der Waals surface area (Å²) in [6.45, 7) is 5.84. The van der Waals surface area contributed by atoms with E-state index in [2.05, 4.69) is 4.90 Å². The number of hydrogen-bond donors (Lipinski definition) is 1. The minimum absolute atomic E-state index is 0.0450. The zero-order chi connectivity index (χ0) is 19.6. The summed E-state index contributed by atoms with van der Waals surface area (Å²) < 4.78 is 5.40. The predicted octanol–water partition coefficient (Wildman–Crippen LogP) is 1.46. The highest BCUT2D eigenvalue weighted by Gasteiger charge is 2.35. The van der Waals surface area contributed by atoms with Crippen molar-refractivity contribution in [1.29, 1.82) is 0 Å². The molecule has 0 aliphatic carbocycles. The Hall–Kier alpha value is -2.30. The van der Waals surface area contributed by atoms with Crippen molar-refractivity contribution in [3.05, 3.63) is 37.4 Å². The molecule has 0 radical (unpaired) electrons. The van der Waals surface area contributed by atoms with Crippen LogP contribution in [-0.4, -0.2) is 65.8 Å². The first-order chi connectivity index (χ1) is 12.9. The number of anilines is 1. The van der Waals surface area contributed by atoms with Crippen molar-refractivity contribution in [2.24, 2.45) is 5.92 Å². The zero-order valence-electron chi connectivity index (χ0n) is 15.3. The summed E-state index contributed by atoms with van der Waals surface area (Å²) in [5.41, 5.74) is -0.0888. The van der Waals surface area contributed by atoms with Gasteiger partial charge in [0.2, 0.25) is 0 Å². The number of nitrogens with zero attached hydrogens (tertiary/aromatic N) is 4. The maximum Gasteiger partial charge on any atom is 0.302 e. The fourth-order valence-electron chi connectivity index (χ4n) is 3.88. The molecule has 0 aromatic heterocycles. The highest BCUT2D eigenvalue weighted by atomic mass is 16.6. The third-order valence-electron chi connectivity index (χ3n) is 5.39. The molecular weight excluding hydrogens is 356 g/mol. The van der Waals surface area contributed by atoms with Crippen LogP contribution in [-0.2, 0) is 11.3 Å². The first-order valence-electron chi connectivity index (χ1n) is 9.03. The number of benzene rings is 1. The Labute approximate surface area is 156 Å². The summed E-state index contributed by atoms with van der Waals surface area (Å²) in [7, 11) is 0. The summed E-state index contributed by atoms with van der Waals surface area (Å²) >= 11 is 0. The fourth-order valence-corrected chi connectivity index (χ4v) is 3.88. The van der Waals surface area contributed by atoms with E-state index in [0.29, 0.717) is 32.1 Å². The van der Waals surface area contributed by atoms with E-state index in [-0.39, 0.29) is 28.2 Å². The van der Waals surface area contributed by atoms with Gasteiger partial charge in [0.15, 0.2) is 5.69 Å². The quantitative estimate of drug-likeness (QED) is 0.581. The number of ether oxygens (including phenoxy) is 1. The first-order valence-corrected chi connectivity index (χ1v) is 9.03. The van der Waals surface area contributed by atoms with E-state index in [1.54, 1.807) is 4.90 Å². The smallest absolute Gasteiger partial charge is 0.302 e. The van der Waals surface area contributed by atoms with E-state index < -0.39 is 16.5 Å². The van der Waals surface area contributed by atoms with Crippen LogP contribution in [0.15, 0.2) is 6.07 Å². The Kier molecular flexibility index (Phi) is 5.88. The number of rotatable bonds is 6. The average Bonchev–Trinajstić information content (AvgIpc) is 3.14. The molecule has 3 rings (SSSR count). The van der Waals surface area contributed by atoms with Gasteiger partial charge in [-0.05, 0) is 24.8 Å². The summed E-state index contributed by atoms with van der Waals surface area (Å²) in [6, 6.07) is 1.25. The molecule has 1 N–H and O–H groups in total. The van der Waals surface area contributed by atoms with Gasteiger partial charge in [-0.15, -0.1) is 0 Å². The lowest BCUT2D eigenvalue weighted by atomic mass is 10.0. The summed E-state index contributed by atoms with van der Waals surface area (Å²) in [4.78, 5) is 26.1. The molecule has 10 heteroatoms. The van der Waals surface area contributed by atoms with Gasteiger partial charge < -0.3 is 14.7 Å². The second kappa shape index (κ2) is 8.15. The molecule has 1 aromatic carbocycles. The molecule has 148 valence electrons. The van der Waals surface area contributed by atoms with Gasteiger partial charge in [0.25, 0.3) is 5.69 Å². The number of piperazine rings is 1. The van der Waals surface area contributed by atoms with Gasteiger partial charge in [0.1, 0.15) is 0 Å². The molecule has 2 aliphatic heterocycles. The molecule has 2 aliphatic rings. The standard InChI is InChI=1S/C17H24N4O6/c1-12-14(10-22)8-15(20(23)24)17(16(12)21(25)26)19-5-3-18(4-6-19)9-13-2-7-27-11-13/h8,13,22H,2-7,9-11H2,1H3. The van der Waals surface area contributed by atoms with Crippen molar-refractivity contribution in [3.8, 4) is 0 Å². The largest absolute Gasteiger partial charge is 0.392 e. The van der Waals surface area contributed by atoms with Gasteiger partial charge in [-0.25, -0.2) is 0 Å². The van der Waals surface area contributed by atoms with Gasteiger partial charge in [-0.2, -0.15) is 0 Å². The van der Waals surface area contributed by atoms with Crippen LogP contribution in [0.3, 0.4) is 0 Å². The van der Waals surface area contributed by atoms with E-state index in [1.807, 2.05) is 0 Å². The van der Waals surface area contributed by atoms with Crippen LogP contribution in [0.4, 0.5) is 17.1 Å². The first kappa shape index (κ1) is 19.5. The monoisotopic (exact) mass is 380 g/mol. The molecule has 2 heterocycles. The topological polar surface area (TPSA) is 122 Å². The molecule has 1 aromatic rings. The molecule has 10 nitrogen and oxygen atoms in total. The highest BCUT2D eigenvalue weighted by Crippen LogP contribution is 2.42. The number of nitro benzene ring substituents is 2. The zero-order valence-corrected chi connectivity index (χ0v) is 15.3. The maximum absolute atomic E-state index is 11.7.